The van der Waals surface area contributed by atoms with Crippen molar-refractivity contribution in [1.29, 1.82) is 0 Å². The molecule has 2 heterocycles. The molecule has 0 radical (unpaired) electrons. The summed E-state index contributed by atoms with van der Waals surface area (Å²) in [7, 11) is 0. The van der Waals surface area contributed by atoms with E-state index in [9.17, 15) is 0 Å². The zero-order valence-corrected chi connectivity index (χ0v) is 13.2. The largest absolute Gasteiger partial charge is 0.370 e. The summed E-state index contributed by atoms with van der Waals surface area (Å²) in [4.78, 5) is 9.16. The Kier molecular flexibility index (Phi) is 4.15. The van der Waals surface area contributed by atoms with E-state index in [1.165, 1.54) is 10.9 Å². The number of anilines is 1. The second kappa shape index (κ2) is 6.22. The number of aryl methyl sites for hydroxylation is 1. The number of benzene rings is 1. The van der Waals surface area contributed by atoms with E-state index in [-0.39, 0.29) is 0 Å². The molecule has 0 aliphatic carbocycles. The minimum Gasteiger partial charge on any atom is -0.370 e. The number of nitrogens with zero attached hydrogens (tertiary/aromatic N) is 2. The van der Waals surface area contributed by atoms with Gasteiger partial charge in [0.15, 0.2) is 0 Å². The van der Waals surface area contributed by atoms with Gasteiger partial charge < -0.3 is 5.32 Å². The lowest BCUT2D eigenvalue weighted by molar-refractivity contribution is 0.916. The van der Waals surface area contributed by atoms with Crippen molar-refractivity contribution in [2.45, 2.75) is 26.7 Å². The Balaban J connectivity index is 2.10. The molecule has 0 saturated carbocycles. The average molecular weight is 297 g/mol. The molecule has 0 unspecified atom stereocenters. The van der Waals surface area contributed by atoms with Gasteiger partial charge in [-0.2, -0.15) is 0 Å². The zero-order valence-electron chi connectivity index (χ0n) is 12.4. The lowest BCUT2D eigenvalue weighted by Gasteiger charge is -2.11. The second-order valence-corrected chi connectivity index (χ2v) is 5.92. The molecule has 1 aromatic carbocycles. The number of thiazole rings is 1. The molecule has 0 saturated heterocycles. The van der Waals surface area contributed by atoms with Crippen LogP contribution in [-0.2, 0) is 6.42 Å². The molecule has 0 spiro atoms. The maximum absolute atomic E-state index is 4.78. The third-order valence-corrected chi connectivity index (χ3v) is 4.26. The van der Waals surface area contributed by atoms with E-state index in [1.807, 2.05) is 11.6 Å². The summed E-state index contributed by atoms with van der Waals surface area (Å²) >= 11 is 1.67. The van der Waals surface area contributed by atoms with E-state index in [1.54, 1.807) is 11.3 Å². The van der Waals surface area contributed by atoms with Crippen LogP contribution in [-0.4, -0.2) is 16.5 Å². The van der Waals surface area contributed by atoms with Crippen molar-refractivity contribution in [1.82, 2.24) is 9.97 Å². The Hall–Kier alpha value is -1.94. The molecule has 0 amide bonds. The molecule has 3 nitrogen and oxygen atoms in total. The predicted octanol–water partition coefficient (Wildman–Crippen LogP) is 4.74. The lowest BCUT2D eigenvalue weighted by Crippen LogP contribution is -2.03. The van der Waals surface area contributed by atoms with Gasteiger partial charge in [0, 0.05) is 29.1 Å². The molecule has 0 aliphatic heterocycles. The van der Waals surface area contributed by atoms with Gasteiger partial charge in [0.2, 0.25) is 0 Å². The van der Waals surface area contributed by atoms with Gasteiger partial charge in [0.25, 0.3) is 0 Å². The van der Waals surface area contributed by atoms with Crippen LogP contribution in [0.2, 0.25) is 0 Å². The van der Waals surface area contributed by atoms with Gasteiger partial charge in [-0.15, -0.1) is 11.3 Å². The summed E-state index contributed by atoms with van der Waals surface area (Å²) in [6.45, 7) is 5.20. The number of nitrogens with one attached hydrogen (secondary N) is 1. The zero-order chi connectivity index (χ0) is 14.7. The molecule has 4 heteroatoms. The van der Waals surface area contributed by atoms with Crippen molar-refractivity contribution >= 4 is 28.1 Å². The molecule has 0 atom stereocenters. The number of fused-ring (bicyclic) bond motifs is 1. The quantitative estimate of drug-likeness (QED) is 0.739. The molecule has 2 aromatic heterocycles. The van der Waals surface area contributed by atoms with Crippen LogP contribution in [0.1, 0.15) is 25.8 Å². The first-order chi connectivity index (χ1) is 10.3. The van der Waals surface area contributed by atoms with Crippen LogP contribution in [0.5, 0.6) is 0 Å². The Morgan fingerprint density at radius 1 is 1.19 bits per heavy atom. The standard InChI is InChI=1S/C17H19N3S/c1-3-5-12-10-14-11-13(17-19-8-9-21-17)6-7-15(14)20-16(12)18-4-2/h6-11H,3-5H2,1-2H3,(H,18,20). The van der Waals surface area contributed by atoms with Crippen molar-refractivity contribution in [2.24, 2.45) is 0 Å². The van der Waals surface area contributed by atoms with E-state index >= 15 is 0 Å². The molecule has 0 bridgehead atoms. The van der Waals surface area contributed by atoms with Gasteiger partial charge in [-0.25, -0.2) is 9.97 Å². The predicted molar refractivity (Wildman–Crippen MR) is 91.0 cm³/mol. The maximum atomic E-state index is 4.78. The van der Waals surface area contributed by atoms with Gasteiger partial charge >= 0.3 is 0 Å². The SMILES string of the molecule is CCCc1cc2cc(-c3nccs3)ccc2nc1NCC. The molecule has 3 rings (SSSR count). The van der Waals surface area contributed by atoms with Crippen molar-refractivity contribution in [3.8, 4) is 10.6 Å². The van der Waals surface area contributed by atoms with Crippen molar-refractivity contribution in [3.05, 3.63) is 41.4 Å². The monoisotopic (exact) mass is 297 g/mol. The van der Waals surface area contributed by atoms with Crippen LogP contribution in [0.3, 0.4) is 0 Å². The van der Waals surface area contributed by atoms with Crippen LogP contribution >= 0.6 is 11.3 Å². The average Bonchev–Trinajstić information content (AvgIpc) is 3.02. The highest BCUT2D eigenvalue weighted by Gasteiger charge is 2.08. The fourth-order valence-electron chi connectivity index (χ4n) is 2.50. The molecule has 108 valence electrons. The number of hydrogen-bond acceptors (Lipinski definition) is 4. The van der Waals surface area contributed by atoms with Gasteiger partial charge in [-0.1, -0.05) is 13.3 Å². The fourth-order valence-corrected chi connectivity index (χ4v) is 3.14. The molecule has 0 aliphatic rings. The summed E-state index contributed by atoms with van der Waals surface area (Å²) < 4.78 is 0. The van der Waals surface area contributed by atoms with Gasteiger partial charge in [0.05, 0.1) is 5.52 Å². The normalized spacial score (nSPS) is 11.0. The van der Waals surface area contributed by atoms with Gasteiger partial charge in [-0.3, -0.25) is 0 Å². The number of aromatic nitrogens is 2. The Labute approximate surface area is 129 Å². The summed E-state index contributed by atoms with van der Waals surface area (Å²) in [5, 5.41) is 7.63. The highest BCUT2D eigenvalue weighted by Crippen LogP contribution is 2.28. The highest BCUT2D eigenvalue weighted by atomic mass is 32.1. The van der Waals surface area contributed by atoms with Crippen LogP contribution in [0.25, 0.3) is 21.5 Å². The van der Waals surface area contributed by atoms with E-state index in [2.05, 4.69) is 48.4 Å². The lowest BCUT2D eigenvalue weighted by atomic mass is 10.1. The molecular weight excluding hydrogens is 278 g/mol. The molecule has 3 aromatic rings. The Morgan fingerprint density at radius 3 is 2.81 bits per heavy atom. The minimum absolute atomic E-state index is 0.895. The maximum Gasteiger partial charge on any atom is 0.129 e. The fraction of sp³-hybridized carbons (Fsp3) is 0.294. The Morgan fingerprint density at radius 2 is 2.10 bits per heavy atom. The smallest absolute Gasteiger partial charge is 0.129 e. The van der Waals surface area contributed by atoms with Crippen molar-refractivity contribution < 1.29 is 0 Å². The molecule has 0 fully saturated rings. The third kappa shape index (κ3) is 2.90. The van der Waals surface area contributed by atoms with E-state index in [0.29, 0.717) is 0 Å². The van der Waals surface area contributed by atoms with Crippen LogP contribution in [0, 0.1) is 0 Å². The molecule has 1 N–H and O–H groups in total. The topological polar surface area (TPSA) is 37.8 Å². The third-order valence-electron chi connectivity index (χ3n) is 3.44. The summed E-state index contributed by atoms with van der Waals surface area (Å²) in [6, 6.07) is 8.64. The Bertz CT molecular complexity index is 735. The van der Waals surface area contributed by atoms with Crippen molar-refractivity contribution in [2.75, 3.05) is 11.9 Å². The van der Waals surface area contributed by atoms with Crippen LogP contribution in [0.4, 0.5) is 5.82 Å². The summed E-state index contributed by atoms with van der Waals surface area (Å²) in [5.41, 5.74) is 3.49. The van der Waals surface area contributed by atoms with Crippen LogP contribution in [0.15, 0.2) is 35.8 Å². The minimum atomic E-state index is 0.895. The summed E-state index contributed by atoms with van der Waals surface area (Å²) in [5.74, 6) is 1.02. The van der Waals surface area contributed by atoms with Crippen molar-refractivity contribution in [3.63, 3.8) is 0 Å². The van der Waals surface area contributed by atoms with Crippen LogP contribution < -0.4 is 5.32 Å². The second-order valence-electron chi connectivity index (χ2n) is 5.02. The van der Waals surface area contributed by atoms with Gasteiger partial charge in [0.1, 0.15) is 10.8 Å². The highest BCUT2D eigenvalue weighted by molar-refractivity contribution is 7.13. The number of hydrogen-bond donors (Lipinski definition) is 1. The van der Waals surface area contributed by atoms with E-state index in [0.717, 1.165) is 41.3 Å². The molecular formula is C17H19N3S. The van der Waals surface area contributed by atoms with E-state index < -0.39 is 0 Å². The number of rotatable bonds is 5. The van der Waals surface area contributed by atoms with E-state index in [4.69, 9.17) is 4.98 Å². The first kappa shape index (κ1) is 14.0. The number of pyridine rings is 1. The molecule has 21 heavy (non-hydrogen) atoms. The first-order valence-electron chi connectivity index (χ1n) is 7.39. The first-order valence-corrected chi connectivity index (χ1v) is 8.27. The summed E-state index contributed by atoms with van der Waals surface area (Å²) in [6.07, 6.45) is 4.02. The van der Waals surface area contributed by atoms with Gasteiger partial charge in [-0.05, 0) is 43.2 Å².